The van der Waals surface area contributed by atoms with Crippen molar-refractivity contribution in [3.8, 4) is 0 Å². The van der Waals surface area contributed by atoms with Crippen molar-refractivity contribution in [1.29, 1.82) is 0 Å². The van der Waals surface area contributed by atoms with Gasteiger partial charge in [0.05, 0.1) is 5.69 Å². The molecule has 0 spiro atoms. The van der Waals surface area contributed by atoms with Gasteiger partial charge in [0.1, 0.15) is 0 Å². The number of hydrogen-bond donors (Lipinski definition) is 0. The predicted octanol–water partition coefficient (Wildman–Crippen LogP) is 14.9. The van der Waals surface area contributed by atoms with E-state index in [1.807, 2.05) is 0 Å². The van der Waals surface area contributed by atoms with Gasteiger partial charge in [0, 0.05) is 45.1 Å². The molecule has 0 radical (unpaired) electrons. The van der Waals surface area contributed by atoms with E-state index >= 15 is 0 Å². The van der Waals surface area contributed by atoms with Crippen LogP contribution in [0.1, 0.15) is 207 Å². The molecule has 346 valence electrons. The Balaban J connectivity index is 1.21. The molecule has 3 fully saturated rings. The first-order valence-electron chi connectivity index (χ1n) is 26.5. The van der Waals surface area contributed by atoms with Crippen LogP contribution in [0.2, 0.25) is 0 Å². The third-order valence-corrected chi connectivity index (χ3v) is 19.9. The van der Waals surface area contributed by atoms with Gasteiger partial charge in [-0.2, -0.15) is 0 Å². The van der Waals surface area contributed by atoms with Crippen molar-refractivity contribution in [3.05, 3.63) is 81.6 Å². The lowest BCUT2D eigenvalue weighted by atomic mass is 9.31. The number of aryl methyl sites for hydroxylation is 2. The third kappa shape index (κ3) is 6.73. The van der Waals surface area contributed by atoms with Crippen molar-refractivity contribution >= 4 is 46.1 Å². The molecule has 8 aliphatic rings. The third-order valence-electron chi connectivity index (χ3n) is 19.9. The van der Waals surface area contributed by atoms with Crippen LogP contribution in [-0.4, -0.2) is 24.7 Å². The Morgan fingerprint density at radius 2 is 1.22 bits per heavy atom. The second-order valence-electron chi connectivity index (χ2n) is 27.2. The van der Waals surface area contributed by atoms with Gasteiger partial charge in [-0.05, 0) is 181 Å². The van der Waals surface area contributed by atoms with Crippen molar-refractivity contribution in [2.24, 2.45) is 38.5 Å². The molecule has 4 aliphatic carbocycles. The monoisotopic (exact) mass is 872 g/mol. The molecule has 11 rings (SSSR count). The van der Waals surface area contributed by atoms with Crippen LogP contribution in [0.3, 0.4) is 0 Å². The van der Waals surface area contributed by atoms with E-state index in [0.717, 1.165) is 24.6 Å². The summed E-state index contributed by atoms with van der Waals surface area (Å²) in [5, 5.41) is 0. The molecular weight excluding hydrogens is 789 g/mol. The molecule has 3 saturated carbocycles. The van der Waals surface area contributed by atoms with Crippen LogP contribution < -0.4 is 20.7 Å². The lowest BCUT2D eigenvalue weighted by Crippen LogP contribution is -2.62. The molecule has 5 heteroatoms. The first-order chi connectivity index (χ1) is 30.5. The number of allylic oxidation sites excluding steroid dienone is 1. The Labute approximate surface area is 394 Å². The molecule has 4 atom stereocenters. The summed E-state index contributed by atoms with van der Waals surface area (Å²) in [6.07, 6.45) is 17.3. The van der Waals surface area contributed by atoms with Gasteiger partial charge in [-0.3, -0.25) is 4.90 Å². The summed E-state index contributed by atoms with van der Waals surface area (Å²) in [6.45, 7) is 35.0. The van der Waals surface area contributed by atoms with Gasteiger partial charge in [0.15, 0.2) is 12.1 Å². The fourth-order valence-electron chi connectivity index (χ4n) is 15.3. The zero-order chi connectivity index (χ0) is 46.0. The molecule has 0 N–H and O–H groups in total. The van der Waals surface area contributed by atoms with E-state index in [9.17, 15) is 0 Å². The summed E-state index contributed by atoms with van der Waals surface area (Å²) >= 11 is 0. The SMILES string of the molecule is Cc1ccc2c(c1)B1C3=C(OC4N=C3C(C)(C)CCC4(C)C)N(c3cc4c(cc3C3CCCCC3)C(C)(C)CCC4(C)C)c3cc(C)cc(c31)N2C1CCC2C(C1)C(C)(C)CCC2(C)C. The minimum atomic E-state index is -0.243. The number of benzene rings is 3. The van der Waals surface area contributed by atoms with Crippen LogP contribution >= 0.6 is 0 Å². The maximum atomic E-state index is 7.78. The molecule has 4 heterocycles. The van der Waals surface area contributed by atoms with E-state index in [-0.39, 0.29) is 34.6 Å². The summed E-state index contributed by atoms with van der Waals surface area (Å²) < 4.78 is 7.78. The number of hydrogen-bond acceptors (Lipinski definition) is 4. The lowest BCUT2D eigenvalue weighted by Gasteiger charge is -2.58. The maximum Gasteiger partial charge on any atom is 0.258 e. The molecule has 0 saturated heterocycles. The molecule has 3 aromatic carbocycles. The largest absolute Gasteiger partial charge is 0.453 e. The van der Waals surface area contributed by atoms with E-state index < -0.39 is 0 Å². The molecule has 3 aromatic rings. The summed E-state index contributed by atoms with van der Waals surface area (Å²) in [5.74, 6) is 3.07. The van der Waals surface area contributed by atoms with Gasteiger partial charge in [0.2, 0.25) is 0 Å². The van der Waals surface area contributed by atoms with Gasteiger partial charge in [0.25, 0.3) is 6.71 Å². The average Bonchev–Trinajstić information content (AvgIpc) is 3.32. The van der Waals surface area contributed by atoms with E-state index in [4.69, 9.17) is 9.73 Å². The first kappa shape index (κ1) is 44.1. The Morgan fingerprint density at radius 1 is 0.585 bits per heavy atom. The Kier molecular flexibility index (Phi) is 9.85. The molecular formula is C60H82BN3O. The highest BCUT2D eigenvalue weighted by Crippen LogP contribution is 2.60. The molecule has 4 unspecified atom stereocenters. The number of rotatable bonds is 3. The highest BCUT2D eigenvalue weighted by molar-refractivity contribution is 6.98. The van der Waals surface area contributed by atoms with Crippen LogP contribution in [-0.2, 0) is 15.6 Å². The number of aliphatic imine (C=N–C) groups is 1. The summed E-state index contributed by atoms with van der Waals surface area (Å²) in [5.41, 5.74) is 19.2. The Bertz CT molecular complexity index is 2530. The van der Waals surface area contributed by atoms with Gasteiger partial charge < -0.3 is 9.64 Å². The second-order valence-corrected chi connectivity index (χ2v) is 27.2. The van der Waals surface area contributed by atoms with Gasteiger partial charge in [-0.15, -0.1) is 0 Å². The van der Waals surface area contributed by atoms with Gasteiger partial charge in [-0.25, -0.2) is 4.99 Å². The summed E-state index contributed by atoms with van der Waals surface area (Å²) in [4.78, 5) is 11.5. The van der Waals surface area contributed by atoms with Crippen molar-refractivity contribution in [2.45, 2.75) is 216 Å². The first-order valence-corrected chi connectivity index (χ1v) is 26.5. The fraction of sp³-hybridized carbons (Fsp3) is 0.650. The van der Waals surface area contributed by atoms with E-state index in [2.05, 4.69) is 149 Å². The van der Waals surface area contributed by atoms with Crippen molar-refractivity contribution in [3.63, 3.8) is 0 Å². The smallest absolute Gasteiger partial charge is 0.258 e. The van der Waals surface area contributed by atoms with Crippen LogP contribution in [0.5, 0.6) is 0 Å². The number of nitrogens with zero attached hydrogens (tertiary/aromatic N) is 3. The maximum absolute atomic E-state index is 7.78. The molecule has 0 amide bonds. The van der Waals surface area contributed by atoms with E-state index in [1.54, 1.807) is 11.1 Å². The van der Waals surface area contributed by atoms with Crippen LogP contribution in [0.4, 0.5) is 22.7 Å². The Hall–Kier alpha value is -3.47. The second kappa shape index (κ2) is 14.5. The quantitative estimate of drug-likeness (QED) is 0.246. The Morgan fingerprint density at radius 3 is 1.92 bits per heavy atom. The van der Waals surface area contributed by atoms with E-state index in [0.29, 0.717) is 28.7 Å². The molecule has 4 nitrogen and oxygen atoms in total. The number of fused-ring (bicyclic) bond motifs is 7. The highest BCUT2D eigenvalue weighted by atomic mass is 16.5. The predicted molar refractivity (Wildman–Crippen MR) is 277 cm³/mol. The standard InChI is InChI=1S/C60H82BN3O/c1-36-20-23-46-45(30-36)61-50-48(63(46)39-21-22-41-42(33-39)56(5,6)25-24-55(41,3)4)31-37(2)32-49(50)64(53-51(61)52-59(11,12)28-29-60(13,14)54(62-52)65-53)47-35-44-43(57(7,8)26-27-58(44,9)10)34-40(47)38-18-16-15-17-19-38/h20,23,30-32,34-35,38-39,41-42,54H,15-19,21-22,24-29,33H2,1-14H3. The minimum Gasteiger partial charge on any atom is -0.453 e. The van der Waals surface area contributed by atoms with Gasteiger partial charge in [-0.1, -0.05) is 126 Å². The fourth-order valence-corrected chi connectivity index (χ4v) is 15.3. The van der Waals surface area contributed by atoms with Crippen molar-refractivity contribution in [2.75, 3.05) is 9.80 Å². The minimum absolute atomic E-state index is 0.0331. The average molecular weight is 872 g/mol. The zero-order valence-electron chi connectivity index (χ0n) is 43.2. The van der Waals surface area contributed by atoms with Gasteiger partial charge >= 0.3 is 0 Å². The van der Waals surface area contributed by atoms with Crippen LogP contribution in [0.25, 0.3) is 0 Å². The number of ether oxygens (including phenoxy) is 1. The summed E-state index contributed by atoms with van der Waals surface area (Å²) in [6, 6.07) is 18.5. The van der Waals surface area contributed by atoms with Crippen molar-refractivity contribution in [1.82, 2.24) is 0 Å². The van der Waals surface area contributed by atoms with Crippen LogP contribution in [0.15, 0.2) is 58.8 Å². The highest BCUT2D eigenvalue weighted by Gasteiger charge is 2.56. The molecule has 4 aliphatic heterocycles. The molecule has 0 aromatic heterocycles. The summed E-state index contributed by atoms with van der Waals surface area (Å²) in [7, 11) is 0. The zero-order valence-corrected chi connectivity index (χ0v) is 43.2. The van der Waals surface area contributed by atoms with E-state index in [1.165, 1.54) is 139 Å². The topological polar surface area (TPSA) is 28.1 Å². The van der Waals surface area contributed by atoms with Crippen LogP contribution in [0, 0.1) is 47.3 Å². The number of anilines is 4. The molecule has 65 heavy (non-hydrogen) atoms. The molecule has 2 bridgehead atoms. The van der Waals surface area contributed by atoms with Crippen molar-refractivity contribution < 1.29 is 4.74 Å². The lowest BCUT2D eigenvalue weighted by molar-refractivity contribution is -0.0488. The normalized spacial score (nSPS) is 29.9.